The maximum absolute atomic E-state index is 12.5. The normalized spacial score (nSPS) is 13.7. The van der Waals surface area contributed by atoms with Gasteiger partial charge >= 0.3 is 5.97 Å². The fourth-order valence-electron chi connectivity index (χ4n) is 2.90. The van der Waals surface area contributed by atoms with Gasteiger partial charge in [-0.1, -0.05) is 24.3 Å². The summed E-state index contributed by atoms with van der Waals surface area (Å²) in [6.07, 6.45) is 0.951. The third-order valence-electron chi connectivity index (χ3n) is 4.12. The van der Waals surface area contributed by atoms with E-state index in [4.69, 9.17) is 4.74 Å². The van der Waals surface area contributed by atoms with E-state index < -0.39 is 18.5 Å². The summed E-state index contributed by atoms with van der Waals surface area (Å²) < 4.78 is 5.09. The molecule has 1 aliphatic heterocycles. The number of nitrogens with one attached hydrogen (secondary N) is 1. The molecule has 0 aromatic heterocycles. The first kappa shape index (κ1) is 17.6. The van der Waals surface area contributed by atoms with Crippen LogP contribution in [0.4, 0.5) is 5.69 Å². The van der Waals surface area contributed by atoms with E-state index in [1.54, 1.807) is 12.1 Å². The second-order valence-corrected chi connectivity index (χ2v) is 6.04. The van der Waals surface area contributed by atoms with Gasteiger partial charge in [0.1, 0.15) is 0 Å². The number of esters is 1. The lowest BCUT2D eigenvalue weighted by atomic mass is 10.0. The van der Waals surface area contributed by atoms with Gasteiger partial charge in [-0.05, 0) is 29.3 Å². The predicted octanol–water partition coefficient (Wildman–Crippen LogP) is 2.10. The highest BCUT2D eigenvalue weighted by Crippen LogP contribution is 2.25. The molecule has 7 nitrogen and oxygen atoms in total. The number of rotatable bonds is 4. The summed E-state index contributed by atoms with van der Waals surface area (Å²) in [4.78, 5) is 48.6. The minimum atomic E-state index is -0.737. The van der Waals surface area contributed by atoms with E-state index in [9.17, 15) is 19.2 Å². The molecule has 1 N–H and O–H groups in total. The molecule has 0 saturated carbocycles. The molecule has 0 aliphatic carbocycles. The lowest BCUT2D eigenvalue weighted by Gasteiger charge is -2.15. The minimum Gasteiger partial charge on any atom is -0.452 e. The van der Waals surface area contributed by atoms with Crippen LogP contribution in [-0.4, -0.2) is 41.7 Å². The summed E-state index contributed by atoms with van der Waals surface area (Å²) in [5.74, 6) is -1.86. The summed E-state index contributed by atoms with van der Waals surface area (Å²) in [6.45, 7) is 1.17. The Balaban J connectivity index is 1.80. The molecule has 0 spiro atoms. The molecular weight excluding hydrogens is 336 g/mol. The fourth-order valence-corrected chi connectivity index (χ4v) is 2.90. The number of ether oxygens (including phenoxy) is 1. The van der Waals surface area contributed by atoms with Gasteiger partial charge in [0.15, 0.2) is 6.61 Å². The molecule has 1 aliphatic rings. The smallest absolute Gasteiger partial charge is 0.340 e. The quantitative estimate of drug-likeness (QED) is 0.849. The summed E-state index contributed by atoms with van der Waals surface area (Å²) in [5, 5.41) is 4.26. The van der Waals surface area contributed by atoms with Crippen molar-refractivity contribution in [3.05, 3.63) is 42.0 Å². The highest BCUT2D eigenvalue weighted by molar-refractivity contribution is 6.06. The largest absolute Gasteiger partial charge is 0.452 e. The first-order valence-corrected chi connectivity index (χ1v) is 8.26. The van der Waals surface area contributed by atoms with Gasteiger partial charge in [0.05, 0.1) is 11.3 Å². The maximum atomic E-state index is 12.5. The van der Waals surface area contributed by atoms with Crippen molar-refractivity contribution >= 4 is 40.2 Å². The first-order chi connectivity index (χ1) is 12.5. The topological polar surface area (TPSA) is 92.8 Å². The molecule has 3 rings (SSSR count). The summed E-state index contributed by atoms with van der Waals surface area (Å²) in [7, 11) is 0. The van der Waals surface area contributed by atoms with Crippen molar-refractivity contribution in [3.63, 3.8) is 0 Å². The zero-order valence-electron chi connectivity index (χ0n) is 14.3. The molecule has 0 radical (unpaired) electrons. The lowest BCUT2D eigenvalue weighted by molar-refractivity contribution is -0.143. The van der Waals surface area contributed by atoms with Gasteiger partial charge < -0.3 is 10.1 Å². The number of imide groups is 1. The molecule has 3 amide bonds. The molecule has 0 bridgehead atoms. The molecule has 1 saturated heterocycles. The molecule has 0 unspecified atom stereocenters. The third-order valence-corrected chi connectivity index (χ3v) is 4.12. The van der Waals surface area contributed by atoms with Crippen LogP contribution in [0.1, 0.15) is 30.1 Å². The summed E-state index contributed by atoms with van der Waals surface area (Å²) in [5.41, 5.74) is 0.463. The molecule has 1 heterocycles. The number of anilines is 1. The summed E-state index contributed by atoms with van der Waals surface area (Å²) >= 11 is 0. The van der Waals surface area contributed by atoms with E-state index in [2.05, 4.69) is 5.32 Å². The van der Waals surface area contributed by atoms with E-state index in [-0.39, 0.29) is 17.4 Å². The number of amides is 3. The van der Waals surface area contributed by atoms with Gasteiger partial charge in [-0.2, -0.15) is 0 Å². The van der Waals surface area contributed by atoms with Crippen LogP contribution in [0, 0.1) is 0 Å². The van der Waals surface area contributed by atoms with Crippen molar-refractivity contribution in [2.45, 2.75) is 19.8 Å². The van der Waals surface area contributed by atoms with Crippen molar-refractivity contribution in [2.24, 2.45) is 0 Å². The van der Waals surface area contributed by atoms with Crippen LogP contribution in [0.25, 0.3) is 10.8 Å². The molecule has 134 valence electrons. The lowest BCUT2D eigenvalue weighted by Crippen LogP contribution is -2.35. The predicted molar refractivity (Wildman–Crippen MR) is 94.5 cm³/mol. The van der Waals surface area contributed by atoms with E-state index in [0.29, 0.717) is 25.1 Å². The Kier molecular flexibility index (Phi) is 4.97. The van der Waals surface area contributed by atoms with Crippen LogP contribution in [0.2, 0.25) is 0 Å². The second-order valence-electron chi connectivity index (χ2n) is 6.04. The van der Waals surface area contributed by atoms with Crippen LogP contribution >= 0.6 is 0 Å². The molecule has 0 atom stereocenters. The molecular formula is C19H18N2O5. The van der Waals surface area contributed by atoms with E-state index in [1.165, 1.54) is 6.92 Å². The van der Waals surface area contributed by atoms with Crippen molar-refractivity contribution < 1.29 is 23.9 Å². The first-order valence-electron chi connectivity index (χ1n) is 8.26. The van der Waals surface area contributed by atoms with Gasteiger partial charge in [0.2, 0.25) is 11.8 Å². The van der Waals surface area contributed by atoms with Gasteiger partial charge in [-0.25, -0.2) is 4.79 Å². The number of benzene rings is 2. The number of hydrogen-bond acceptors (Lipinski definition) is 5. The maximum Gasteiger partial charge on any atom is 0.340 e. The number of fused-ring (bicyclic) bond motifs is 1. The van der Waals surface area contributed by atoms with Crippen molar-refractivity contribution in [1.82, 2.24) is 4.90 Å². The molecule has 1 fully saturated rings. The van der Waals surface area contributed by atoms with E-state index in [0.717, 1.165) is 15.7 Å². The van der Waals surface area contributed by atoms with Crippen LogP contribution in [0.3, 0.4) is 0 Å². The van der Waals surface area contributed by atoms with E-state index >= 15 is 0 Å². The molecule has 26 heavy (non-hydrogen) atoms. The minimum absolute atomic E-state index is 0.152. The molecule has 2 aromatic rings. The standard InChI is InChI=1S/C19H18N2O5/c1-12(22)20-16-10-14-6-3-2-5-13(14)9-15(16)19(25)26-11-18(24)21-8-4-7-17(21)23/h2-3,5-6,9-10H,4,7-8,11H2,1H3,(H,20,22). The Morgan fingerprint density at radius 2 is 1.85 bits per heavy atom. The van der Waals surface area contributed by atoms with Gasteiger partial charge in [0, 0.05) is 19.9 Å². The van der Waals surface area contributed by atoms with Gasteiger partial charge in [0.25, 0.3) is 5.91 Å². The fraction of sp³-hybridized carbons (Fsp3) is 0.263. The highest BCUT2D eigenvalue weighted by Gasteiger charge is 2.27. The SMILES string of the molecule is CC(=O)Nc1cc2ccccc2cc1C(=O)OCC(=O)N1CCCC1=O. The van der Waals surface area contributed by atoms with Crippen molar-refractivity contribution in [1.29, 1.82) is 0 Å². The number of nitrogens with zero attached hydrogens (tertiary/aromatic N) is 1. The van der Waals surface area contributed by atoms with Gasteiger partial charge in [-0.15, -0.1) is 0 Å². The Morgan fingerprint density at radius 3 is 2.46 bits per heavy atom. The van der Waals surface area contributed by atoms with E-state index in [1.807, 2.05) is 24.3 Å². The third kappa shape index (κ3) is 3.72. The van der Waals surface area contributed by atoms with Crippen LogP contribution in [0.5, 0.6) is 0 Å². The number of carbonyl (C=O) groups excluding carboxylic acids is 4. The molecule has 2 aromatic carbocycles. The number of hydrogen-bond donors (Lipinski definition) is 1. The molecule has 7 heteroatoms. The second kappa shape index (κ2) is 7.35. The number of likely N-dealkylation sites (tertiary alicyclic amines) is 1. The monoisotopic (exact) mass is 354 g/mol. The van der Waals surface area contributed by atoms with Crippen molar-refractivity contribution in [3.8, 4) is 0 Å². The van der Waals surface area contributed by atoms with Crippen LogP contribution in [-0.2, 0) is 19.1 Å². The Hall–Kier alpha value is -3.22. The summed E-state index contributed by atoms with van der Waals surface area (Å²) in [6, 6.07) is 10.7. The van der Waals surface area contributed by atoms with Crippen molar-refractivity contribution in [2.75, 3.05) is 18.5 Å². The average molecular weight is 354 g/mol. The highest BCUT2D eigenvalue weighted by atomic mass is 16.5. The van der Waals surface area contributed by atoms with Crippen LogP contribution in [0.15, 0.2) is 36.4 Å². The number of carbonyl (C=O) groups is 4. The Labute approximate surface area is 149 Å². The zero-order valence-corrected chi connectivity index (χ0v) is 14.3. The zero-order chi connectivity index (χ0) is 18.7. The van der Waals surface area contributed by atoms with Crippen LogP contribution < -0.4 is 5.32 Å². The Morgan fingerprint density at radius 1 is 1.15 bits per heavy atom. The van der Waals surface area contributed by atoms with Gasteiger partial charge in [-0.3, -0.25) is 19.3 Å². The average Bonchev–Trinajstić information content (AvgIpc) is 3.04. The Bertz CT molecular complexity index is 906.